The van der Waals surface area contributed by atoms with Crippen LogP contribution in [-0.2, 0) is 9.84 Å². The van der Waals surface area contributed by atoms with Crippen molar-refractivity contribution in [1.82, 2.24) is 0 Å². The Labute approximate surface area is 95.5 Å². The third-order valence-electron chi connectivity index (χ3n) is 2.55. The first-order chi connectivity index (χ1) is 7.34. The Morgan fingerprint density at radius 3 is 2.69 bits per heavy atom. The number of sulfone groups is 1. The molecule has 2 rings (SSSR count). The number of methoxy groups -OCH3 is 1. The van der Waals surface area contributed by atoms with Crippen LogP contribution in [0.25, 0.3) is 0 Å². The fourth-order valence-corrected chi connectivity index (χ4v) is 3.86. The summed E-state index contributed by atoms with van der Waals surface area (Å²) in [4.78, 5) is 0.354. The molecule has 1 N–H and O–H groups in total. The lowest BCUT2D eigenvalue weighted by Gasteiger charge is -2.33. The van der Waals surface area contributed by atoms with Gasteiger partial charge in [0.2, 0.25) is 0 Å². The van der Waals surface area contributed by atoms with Gasteiger partial charge in [0.15, 0.2) is 9.84 Å². The monoisotopic (exact) mass is 241 g/mol. The minimum atomic E-state index is -3.19. The van der Waals surface area contributed by atoms with Gasteiger partial charge < -0.3 is 10.1 Å². The summed E-state index contributed by atoms with van der Waals surface area (Å²) in [5.41, 5.74) is 0.175. The zero-order valence-electron chi connectivity index (χ0n) is 9.57. The molecule has 88 valence electrons. The Morgan fingerprint density at radius 2 is 2.06 bits per heavy atom. The molecule has 0 saturated heterocycles. The van der Waals surface area contributed by atoms with E-state index in [1.165, 1.54) is 0 Å². The fraction of sp³-hybridized carbons (Fsp3) is 0.455. The number of nitrogens with one attached hydrogen (secondary N) is 1. The van der Waals surface area contributed by atoms with Crippen LogP contribution in [-0.4, -0.2) is 26.8 Å². The summed E-state index contributed by atoms with van der Waals surface area (Å²) < 4.78 is 29.1. The van der Waals surface area contributed by atoms with E-state index in [1.807, 2.05) is 13.8 Å². The van der Waals surface area contributed by atoms with E-state index in [9.17, 15) is 8.42 Å². The van der Waals surface area contributed by atoms with Crippen molar-refractivity contribution in [3.63, 3.8) is 0 Å². The second-order valence-electron chi connectivity index (χ2n) is 4.63. The molecule has 0 saturated carbocycles. The average Bonchev–Trinajstić information content (AvgIpc) is 2.13. The third kappa shape index (κ3) is 1.87. The van der Waals surface area contributed by atoms with Crippen molar-refractivity contribution in [2.24, 2.45) is 0 Å². The standard InChI is InChI=1S/C11H15NO3S/c1-11(2)7-16(13,14)10-5-4-8(15-3)6-9(10)12-11/h4-6,12H,7H2,1-3H3. The molecular weight excluding hydrogens is 226 g/mol. The molecule has 1 aromatic rings. The smallest absolute Gasteiger partial charge is 0.182 e. The van der Waals surface area contributed by atoms with Gasteiger partial charge in [-0.15, -0.1) is 0 Å². The number of benzene rings is 1. The number of anilines is 1. The van der Waals surface area contributed by atoms with Crippen LogP contribution in [0.4, 0.5) is 5.69 Å². The van der Waals surface area contributed by atoms with Gasteiger partial charge in [0, 0.05) is 11.6 Å². The van der Waals surface area contributed by atoms with Gasteiger partial charge in [-0.2, -0.15) is 0 Å². The highest BCUT2D eigenvalue weighted by molar-refractivity contribution is 7.91. The Morgan fingerprint density at radius 1 is 1.38 bits per heavy atom. The van der Waals surface area contributed by atoms with E-state index >= 15 is 0 Å². The van der Waals surface area contributed by atoms with Gasteiger partial charge in [-0.25, -0.2) is 8.42 Å². The molecule has 5 heteroatoms. The van der Waals surface area contributed by atoms with E-state index in [0.29, 0.717) is 16.3 Å². The molecule has 0 radical (unpaired) electrons. The molecule has 1 aliphatic rings. The molecule has 1 heterocycles. The van der Waals surface area contributed by atoms with Crippen molar-refractivity contribution in [3.05, 3.63) is 18.2 Å². The first-order valence-corrected chi connectivity index (χ1v) is 6.68. The highest BCUT2D eigenvalue weighted by Gasteiger charge is 2.35. The molecule has 0 aliphatic carbocycles. The molecule has 0 unspecified atom stereocenters. The number of fused-ring (bicyclic) bond motifs is 1. The molecule has 16 heavy (non-hydrogen) atoms. The van der Waals surface area contributed by atoms with Gasteiger partial charge >= 0.3 is 0 Å². The summed E-state index contributed by atoms with van der Waals surface area (Å²) in [7, 11) is -1.63. The zero-order valence-corrected chi connectivity index (χ0v) is 10.4. The molecule has 0 aromatic heterocycles. The number of rotatable bonds is 1. The second kappa shape index (κ2) is 3.38. The number of hydrogen-bond acceptors (Lipinski definition) is 4. The van der Waals surface area contributed by atoms with Crippen LogP contribution in [0.2, 0.25) is 0 Å². The Kier molecular flexibility index (Phi) is 2.38. The lowest BCUT2D eigenvalue weighted by molar-refractivity contribution is 0.414. The highest BCUT2D eigenvalue weighted by atomic mass is 32.2. The normalized spacial score (nSPS) is 20.7. The van der Waals surface area contributed by atoms with E-state index in [-0.39, 0.29) is 5.75 Å². The van der Waals surface area contributed by atoms with Crippen LogP contribution in [0.1, 0.15) is 13.8 Å². The van der Waals surface area contributed by atoms with Crippen LogP contribution in [0.15, 0.2) is 23.1 Å². The van der Waals surface area contributed by atoms with Gasteiger partial charge in [-0.1, -0.05) is 0 Å². The Hall–Kier alpha value is -1.23. The maximum absolute atomic E-state index is 12.0. The van der Waals surface area contributed by atoms with Gasteiger partial charge in [0.1, 0.15) is 5.75 Å². The van der Waals surface area contributed by atoms with Crippen LogP contribution >= 0.6 is 0 Å². The van der Waals surface area contributed by atoms with Crippen molar-refractivity contribution in [3.8, 4) is 5.75 Å². The van der Waals surface area contributed by atoms with Crippen molar-refractivity contribution in [2.75, 3.05) is 18.2 Å². The lowest BCUT2D eigenvalue weighted by atomic mass is 10.1. The molecule has 4 nitrogen and oxygen atoms in total. The van der Waals surface area contributed by atoms with Crippen molar-refractivity contribution < 1.29 is 13.2 Å². The summed E-state index contributed by atoms with van der Waals surface area (Å²) in [6.45, 7) is 3.74. The Balaban J connectivity index is 2.60. The Bertz CT molecular complexity index is 520. The summed E-state index contributed by atoms with van der Waals surface area (Å²) in [6, 6.07) is 4.97. The maximum Gasteiger partial charge on any atom is 0.182 e. The van der Waals surface area contributed by atoms with Crippen LogP contribution < -0.4 is 10.1 Å². The van der Waals surface area contributed by atoms with Crippen molar-refractivity contribution in [2.45, 2.75) is 24.3 Å². The van der Waals surface area contributed by atoms with Crippen molar-refractivity contribution >= 4 is 15.5 Å². The predicted octanol–water partition coefficient (Wildman–Crippen LogP) is 1.67. The zero-order chi connectivity index (χ0) is 12.0. The van der Waals surface area contributed by atoms with Crippen LogP contribution in [0.5, 0.6) is 5.75 Å². The van der Waals surface area contributed by atoms with E-state index in [0.717, 1.165) is 0 Å². The second-order valence-corrected chi connectivity index (χ2v) is 6.59. The average molecular weight is 241 g/mol. The summed E-state index contributed by atoms with van der Waals surface area (Å²) in [6.07, 6.45) is 0. The van der Waals surface area contributed by atoms with Gasteiger partial charge in [-0.05, 0) is 26.0 Å². The molecule has 1 aliphatic heterocycles. The van der Waals surface area contributed by atoms with E-state index in [1.54, 1.807) is 25.3 Å². The molecule has 0 amide bonds. The first kappa shape index (κ1) is 11.3. The van der Waals surface area contributed by atoms with Crippen molar-refractivity contribution in [1.29, 1.82) is 0 Å². The highest BCUT2D eigenvalue weighted by Crippen LogP contribution is 2.35. The van der Waals surface area contributed by atoms with E-state index in [2.05, 4.69) is 5.32 Å². The molecule has 1 aromatic carbocycles. The number of hydrogen-bond donors (Lipinski definition) is 1. The van der Waals surface area contributed by atoms with E-state index < -0.39 is 15.4 Å². The first-order valence-electron chi connectivity index (χ1n) is 5.03. The SMILES string of the molecule is COc1ccc2c(c1)NC(C)(C)CS2(=O)=O. The molecule has 0 bridgehead atoms. The van der Waals surface area contributed by atoms with Crippen LogP contribution in [0.3, 0.4) is 0 Å². The molecule has 0 fully saturated rings. The molecule has 0 spiro atoms. The van der Waals surface area contributed by atoms with Gasteiger partial charge in [0.25, 0.3) is 0 Å². The molecule has 0 atom stereocenters. The quantitative estimate of drug-likeness (QED) is 0.812. The maximum atomic E-state index is 12.0. The lowest BCUT2D eigenvalue weighted by Crippen LogP contribution is -2.42. The third-order valence-corrected chi connectivity index (χ3v) is 4.67. The molecular formula is C11H15NO3S. The van der Waals surface area contributed by atoms with Gasteiger partial charge in [0.05, 0.1) is 23.4 Å². The fourth-order valence-electron chi connectivity index (χ4n) is 1.96. The summed E-state index contributed by atoms with van der Waals surface area (Å²) in [5.74, 6) is 0.762. The van der Waals surface area contributed by atoms with Crippen LogP contribution in [0, 0.1) is 0 Å². The largest absolute Gasteiger partial charge is 0.497 e. The minimum Gasteiger partial charge on any atom is -0.497 e. The predicted molar refractivity (Wildman–Crippen MR) is 62.7 cm³/mol. The van der Waals surface area contributed by atoms with Gasteiger partial charge in [-0.3, -0.25) is 0 Å². The minimum absolute atomic E-state index is 0.110. The number of ether oxygens (including phenoxy) is 1. The topological polar surface area (TPSA) is 55.4 Å². The summed E-state index contributed by atoms with van der Waals surface area (Å²) >= 11 is 0. The summed E-state index contributed by atoms with van der Waals surface area (Å²) in [5, 5.41) is 3.21. The van der Waals surface area contributed by atoms with E-state index in [4.69, 9.17) is 4.74 Å².